The predicted octanol–water partition coefficient (Wildman–Crippen LogP) is 8.00. The minimum absolute atomic E-state index is 0.191. The zero-order valence-electron chi connectivity index (χ0n) is 27.9. The fourth-order valence-electron chi connectivity index (χ4n) is 5.92. The van der Waals surface area contributed by atoms with Crippen molar-refractivity contribution in [2.75, 3.05) is 53.2 Å². The van der Waals surface area contributed by atoms with Gasteiger partial charge in [0.15, 0.2) is 0 Å². The topological polar surface area (TPSA) is 123 Å². The minimum Gasteiger partial charge on any atom is -0.337 e. The number of hydrogen-bond donors (Lipinski definition) is 6. The van der Waals surface area contributed by atoms with Gasteiger partial charge in [-0.15, -0.1) is 34.8 Å². The zero-order valence-corrected chi connectivity index (χ0v) is 30.1. The van der Waals surface area contributed by atoms with E-state index in [0.717, 1.165) is 55.6 Å². The molecule has 3 aliphatic carbocycles. The van der Waals surface area contributed by atoms with Gasteiger partial charge in [0.05, 0.1) is 0 Å². The second-order valence-corrected chi connectivity index (χ2v) is 13.2. The van der Waals surface area contributed by atoms with Crippen molar-refractivity contribution in [3.63, 3.8) is 0 Å². The van der Waals surface area contributed by atoms with Gasteiger partial charge >= 0.3 is 18.1 Å². The highest BCUT2D eigenvalue weighted by Gasteiger charge is 2.14. The number of fused-ring (bicyclic) bond motifs is 3. The number of alkyl halides is 3. The summed E-state index contributed by atoms with van der Waals surface area (Å²) in [4.78, 5) is 34.2. The van der Waals surface area contributed by atoms with Crippen LogP contribution in [0, 0.1) is 0 Å². The monoisotopic (exact) mass is 728 g/mol. The lowest BCUT2D eigenvalue weighted by Gasteiger charge is -2.19. The Labute approximate surface area is 304 Å². The molecule has 3 aliphatic rings. The molecule has 12 heteroatoms. The standard InChI is InChI=1S/C14H19ClN2O.C12H15ClN2O.C11H13ClN2O/c15-8-9-16-14(18)17-13-7-6-11-4-2-1-3-5-12(11)10-13;13-6-7-14-12(16)15-11-5-4-9-2-1-3-10(9)8-11;12-5-6-13-11(15)14-10-4-3-8-1-2-9(8)7-10/h6-7,10H,1-5,8-9H2,(H2,16,17,18);4-5,8H,1-3,6-7H2,(H2,14,15,16);3-4,7H,1-2,5-6H2,(H2,13,14,15). The van der Waals surface area contributed by atoms with Crippen molar-refractivity contribution < 1.29 is 14.4 Å². The quantitative estimate of drug-likeness (QED) is 0.0989. The molecule has 0 unspecified atom stereocenters. The fourth-order valence-corrected chi connectivity index (χ4v) is 6.20. The summed E-state index contributed by atoms with van der Waals surface area (Å²) >= 11 is 16.5. The molecule has 0 spiro atoms. The maximum atomic E-state index is 11.5. The molecule has 0 saturated heterocycles. The maximum Gasteiger partial charge on any atom is 0.319 e. The van der Waals surface area contributed by atoms with Crippen molar-refractivity contribution in [2.24, 2.45) is 0 Å². The molecule has 6 amide bonds. The molecule has 6 rings (SSSR count). The van der Waals surface area contributed by atoms with Crippen LogP contribution in [-0.2, 0) is 38.5 Å². The summed E-state index contributed by atoms with van der Waals surface area (Å²) in [5.74, 6) is 1.28. The van der Waals surface area contributed by atoms with Crippen LogP contribution in [0.15, 0.2) is 54.6 Å². The van der Waals surface area contributed by atoms with Crippen LogP contribution in [0.25, 0.3) is 0 Å². The number of rotatable bonds is 9. The van der Waals surface area contributed by atoms with E-state index in [9.17, 15) is 14.4 Å². The van der Waals surface area contributed by atoms with Crippen molar-refractivity contribution in [3.05, 3.63) is 88.0 Å². The molecular weight excluding hydrogens is 683 g/mol. The van der Waals surface area contributed by atoms with Crippen LogP contribution in [0.4, 0.5) is 31.4 Å². The molecule has 0 heterocycles. The van der Waals surface area contributed by atoms with Gasteiger partial charge < -0.3 is 31.9 Å². The zero-order chi connectivity index (χ0) is 34.8. The number of nitrogens with one attached hydrogen (secondary N) is 6. The van der Waals surface area contributed by atoms with Gasteiger partial charge in [-0.2, -0.15) is 0 Å². The highest BCUT2D eigenvalue weighted by molar-refractivity contribution is 6.18. The van der Waals surface area contributed by atoms with E-state index in [-0.39, 0.29) is 18.1 Å². The normalized spacial score (nSPS) is 13.5. The molecule has 0 aromatic heterocycles. The largest absolute Gasteiger partial charge is 0.337 e. The van der Waals surface area contributed by atoms with E-state index < -0.39 is 0 Å². The number of aryl methyl sites for hydroxylation is 6. The summed E-state index contributed by atoms with van der Waals surface area (Å²) in [5, 5.41) is 16.4. The Morgan fingerprint density at radius 2 is 0.755 bits per heavy atom. The smallest absolute Gasteiger partial charge is 0.319 e. The van der Waals surface area contributed by atoms with Gasteiger partial charge in [-0.3, -0.25) is 0 Å². The second kappa shape index (κ2) is 20.8. The number of urea groups is 3. The first-order valence-electron chi connectivity index (χ1n) is 17.1. The summed E-state index contributed by atoms with van der Waals surface area (Å²) in [6.07, 6.45) is 11.9. The maximum absolute atomic E-state index is 11.5. The third-order valence-electron chi connectivity index (χ3n) is 8.48. The number of hydrogen-bond acceptors (Lipinski definition) is 3. The lowest BCUT2D eigenvalue weighted by atomic mass is 9.88. The van der Waals surface area contributed by atoms with Crippen molar-refractivity contribution >= 4 is 70.0 Å². The van der Waals surface area contributed by atoms with Gasteiger partial charge in [0.25, 0.3) is 0 Å². The highest BCUT2D eigenvalue weighted by Crippen LogP contribution is 2.26. The van der Waals surface area contributed by atoms with Gasteiger partial charge in [0, 0.05) is 54.3 Å². The van der Waals surface area contributed by atoms with Crippen molar-refractivity contribution in [1.82, 2.24) is 16.0 Å². The van der Waals surface area contributed by atoms with Gasteiger partial charge in [0.1, 0.15) is 0 Å². The van der Waals surface area contributed by atoms with Crippen LogP contribution in [0.1, 0.15) is 59.1 Å². The Kier molecular flexibility index (Phi) is 16.2. The van der Waals surface area contributed by atoms with Gasteiger partial charge in [-0.1, -0.05) is 24.6 Å². The van der Waals surface area contributed by atoms with E-state index in [1.54, 1.807) is 0 Å². The summed E-state index contributed by atoms with van der Waals surface area (Å²) in [6.45, 7) is 1.45. The van der Waals surface area contributed by atoms with E-state index in [1.807, 2.05) is 24.3 Å². The Morgan fingerprint density at radius 3 is 1.14 bits per heavy atom. The molecule has 0 bridgehead atoms. The highest BCUT2D eigenvalue weighted by atomic mass is 35.5. The molecule has 3 aromatic rings. The molecule has 3 aromatic carbocycles. The molecule has 0 saturated carbocycles. The molecule has 6 N–H and O–H groups in total. The van der Waals surface area contributed by atoms with Crippen molar-refractivity contribution in [3.8, 4) is 0 Å². The Bertz CT molecular complexity index is 1550. The molecular formula is C37H47Cl3N6O3. The first-order valence-corrected chi connectivity index (χ1v) is 18.7. The summed E-state index contributed by atoms with van der Waals surface area (Å²) < 4.78 is 0. The van der Waals surface area contributed by atoms with Crippen LogP contribution in [0.2, 0.25) is 0 Å². The van der Waals surface area contributed by atoms with Gasteiger partial charge in [-0.25, -0.2) is 14.4 Å². The average molecular weight is 730 g/mol. The number of halogens is 3. The minimum atomic E-state index is -0.199. The second-order valence-electron chi connectivity index (χ2n) is 12.1. The number of anilines is 3. The molecule has 0 radical (unpaired) electrons. The first-order chi connectivity index (χ1) is 23.9. The predicted molar refractivity (Wildman–Crippen MR) is 203 cm³/mol. The van der Waals surface area contributed by atoms with Crippen LogP contribution in [-0.4, -0.2) is 55.4 Å². The van der Waals surface area contributed by atoms with E-state index in [0.29, 0.717) is 37.3 Å². The van der Waals surface area contributed by atoms with Crippen LogP contribution in [0.3, 0.4) is 0 Å². The molecule has 0 atom stereocenters. The first kappa shape index (κ1) is 38.1. The van der Waals surface area contributed by atoms with Crippen LogP contribution in [0.5, 0.6) is 0 Å². The van der Waals surface area contributed by atoms with Crippen molar-refractivity contribution in [2.45, 2.75) is 64.2 Å². The third-order valence-corrected chi connectivity index (χ3v) is 9.05. The fraction of sp³-hybridized carbons (Fsp3) is 0.432. The Morgan fingerprint density at radius 1 is 0.429 bits per heavy atom. The third kappa shape index (κ3) is 13.0. The molecule has 0 fully saturated rings. The van der Waals surface area contributed by atoms with Gasteiger partial charge in [-0.05, 0) is 128 Å². The lowest BCUT2D eigenvalue weighted by Crippen LogP contribution is -2.30. The number of amides is 6. The molecule has 9 nitrogen and oxygen atoms in total. The molecule has 49 heavy (non-hydrogen) atoms. The average Bonchev–Trinajstić information content (AvgIpc) is 3.43. The number of carbonyl (C=O) groups is 3. The Balaban J connectivity index is 0.000000166. The van der Waals surface area contributed by atoms with E-state index in [2.05, 4.69) is 62.2 Å². The number of carbonyl (C=O) groups excluding carboxylic acids is 3. The summed E-state index contributed by atoms with van der Waals surface area (Å²) in [5.41, 5.74) is 10.9. The van der Waals surface area contributed by atoms with E-state index in [1.165, 1.54) is 59.1 Å². The Hall–Kier alpha value is -3.66. The summed E-state index contributed by atoms with van der Waals surface area (Å²) in [7, 11) is 0. The van der Waals surface area contributed by atoms with Crippen LogP contribution >= 0.6 is 34.8 Å². The molecule has 264 valence electrons. The van der Waals surface area contributed by atoms with Gasteiger partial charge in [0.2, 0.25) is 0 Å². The van der Waals surface area contributed by atoms with E-state index >= 15 is 0 Å². The SMILES string of the molecule is O=C(NCCCl)Nc1ccc2c(c1)CC2.O=C(NCCCl)Nc1ccc2c(c1)CCC2.O=C(NCCCl)Nc1ccc2c(c1)CCCCC2. The van der Waals surface area contributed by atoms with Crippen LogP contribution < -0.4 is 31.9 Å². The number of benzene rings is 3. The van der Waals surface area contributed by atoms with Crippen molar-refractivity contribution in [1.29, 1.82) is 0 Å². The lowest BCUT2D eigenvalue weighted by molar-refractivity contribution is 0.252. The molecule has 0 aliphatic heterocycles. The van der Waals surface area contributed by atoms with E-state index in [4.69, 9.17) is 34.8 Å². The summed E-state index contributed by atoms with van der Waals surface area (Å²) in [6, 6.07) is 17.8.